The van der Waals surface area contributed by atoms with Crippen molar-refractivity contribution in [2.45, 2.75) is 47.3 Å². The van der Waals surface area contributed by atoms with Gasteiger partial charge in [0.25, 0.3) is 5.91 Å². The first kappa shape index (κ1) is 24.9. The van der Waals surface area contributed by atoms with Crippen LogP contribution in [0.25, 0.3) is 0 Å². The van der Waals surface area contributed by atoms with Gasteiger partial charge in [-0.1, -0.05) is 17.8 Å². The van der Waals surface area contributed by atoms with E-state index in [1.807, 2.05) is 4.90 Å². The van der Waals surface area contributed by atoms with Crippen molar-refractivity contribution in [2.75, 3.05) is 43.6 Å². The molecule has 4 rings (SSSR count). The van der Waals surface area contributed by atoms with Crippen LogP contribution in [-0.2, 0) is 19.7 Å². The lowest BCUT2D eigenvalue weighted by Gasteiger charge is -2.35. The van der Waals surface area contributed by atoms with Crippen molar-refractivity contribution >= 4 is 42.1 Å². The molecule has 0 bridgehead atoms. The summed E-state index contributed by atoms with van der Waals surface area (Å²) in [6.45, 7) is 1.79. The molecule has 0 atom stereocenters. The third kappa shape index (κ3) is 5.72. The highest BCUT2D eigenvalue weighted by Crippen LogP contribution is 2.30. The minimum atomic E-state index is -3.48. The average Bonchev–Trinajstić information content (AvgIpc) is 3.30. The maximum absolute atomic E-state index is 13.5. The zero-order chi connectivity index (χ0) is 24.5. The van der Waals surface area contributed by atoms with E-state index in [2.05, 4.69) is 4.98 Å². The monoisotopic (exact) mass is 527 g/mol. The number of hydrogen-bond acceptors (Lipinski definition) is 9. The highest BCUT2D eigenvalue weighted by Gasteiger charge is 2.28. The predicted molar refractivity (Wildman–Crippen MR) is 130 cm³/mol. The van der Waals surface area contributed by atoms with Crippen LogP contribution in [0.3, 0.4) is 0 Å². The smallest absolute Gasteiger partial charge is 0.257 e. The fraction of sp³-hybridized carbons (Fsp3) is 0.545. The molecule has 1 saturated heterocycles. The molecule has 2 aliphatic rings. The number of piperazine rings is 1. The minimum absolute atomic E-state index is 0.0233. The van der Waals surface area contributed by atoms with Crippen LogP contribution >= 0.6 is 11.3 Å². The molecular weight excluding hydrogens is 498 g/mol. The summed E-state index contributed by atoms with van der Waals surface area (Å²) in [5.41, 5.74) is 0.260. The number of thiazole rings is 1. The fourth-order valence-corrected chi connectivity index (χ4v) is 6.63. The van der Waals surface area contributed by atoms with Crippen molar-refractivity contribution in [2.24, 2.45) is 0 Å². The Hall–Kier alpha value is -2.18. The molecule has 9 nitrogen and oxygen atoms in total. The number of ether oxygens (including phenoxy) is 1. The maximum atomic E-state index is 13.5. The lowest BCUT2D eigenvalue weighted by molar-refractivity contribution is 0.0735. The molecule has 0 radical (unpaired) electrons. The van der Waals surface area contributed by atoms with Gasteiger partial charge in [0.2, 0.25) is 0 Å². The van der Waals surface area contributed by atoms with Crippen molar-refractivity contribution in [3.05, 3.63) is 30.0 Å². The van der Waals surface area contributed by atoms with Gasteiger partial charge in [0.1, 0.15) is 9.96 Å². The van der Waals surface area contributed by atoms with Crippen LogP contribution in [-0.4, -0.2) is 77.4 Å². The Bertz CT molecular complexity index is 1260. The lowest BCUT2D eigenvalue weighted by atomic mass is 9.97. The van der Waals surface area contributed by atoms with Crippen LogP contribution in [0.4, 0.5) is 5.13 Å². The number of sulfone groups is 2. The molecule has 0 N–H and O–H groups in total. The van der Waals surface area contributed by atoms with E-state index in [1.54, 1.807) is 11.0 Å². The van der Waals surface area contributed by atoms with E-state index in [0.717, 1.165) is 49.5 Å². The van der Waals surface area contributed by atoms with Crippen LogP contribution in [0.5, 0.6) is 5.75 Å². The summed E-state index contributed by atoms with van der Waals surface area (Å²) in [5.74, 6) is 0.149. The highest BCUT2D eigenvalue weighted by molar-refractivity contribution is 7.92. The SMILES string of the molecule is CS(=O)(=O)c1ccc(OC2CCCCC2)c(C(=O)N2CCN(c3ncc(S(C)(=O)=O)s3)CC2)c1. The standard InChI is InChI=1S/C22H29N3O6S3/c1-33(27,28)17-8-9-19(31-16-6-4-3-5-7-16)18(14-17)21(26)24-10-12-25(13-11-24)22-23-15-20(32-22)34(2,29)30/h8-9,14-16H,3-7,10-13H2,1-2H3. The molecule has 34 heavy (non-hydrogen) atoms. The van der Waals surface area contributed by atoms with Gasteiger partial charge in [0.05, 0.1) is 22.8 Å². The number of aromatic nitrogens is 1. The van der Waals surface area contributed by atoms with Gasteiger partial charge < -0.3 is 14.5 Å². The predicted octanol–water partition coefficient (Wildman–Crippen LogP) is 2.62. The largest absolute Gasteiger partial charge is 0.490 e. The van der Waals surface area contributed by atoms with Crippen molar-refractivity contribution in [3.8, 4) is 5.75 Å². The molecule has 2 aromatic rings. The van der Waals surface area contributed by atoms with Crippen LogP contribution in [0, 0.1) is 0 Å². The van der Waals surface area contributed by atoms with E-state index >= 15 is 0 Å². The van der Waals surface area contributed by atoms with Gasteiger partial charge in [-0.15, -0.1) is 0 Å². The quantitative estimate of drug-likeness (QED) is 0.563. The zero-order valence-electron chi connectivity index (χ0n) is 19.3. The van der Waals surface area contributed by atoms with Crippen LogP contribution < -0.4 is 9.64 Å². The number of hydrogen-bond donors (Lipinski definition) is 0. The molecular formula is C22H29N3O6S3. The average molecular weight is 528 g/mol. The second kappa shape index (κ2) is 9.82. The number of nitrogens with zero attached hydrogens (tertiary/aromatic N) is 3. The summed E-state index contributed by atoms with van der Waals surface area (Å²) in [5, 5.41) is 0.605. The van der Waals surface area contributed by atoms with Gasteiger partial charge in [-0.05, 0) is 43.9 Å². The van der Waals surface area contributed by atoms with Crippen molar-refractivity contribution < 1.29 is 26.4 Å². The topological polar surface area (TPSA) is 114 Å². The third-order valence-electron chi connectivity index (χ3n) is 6.13. The van der Waals surface area contributed by atoms with Gasteiger partial charge >= 0.3 is 0 Å². The van der Waals surface area contributed by atoms with E-state index < -0.39 is 19.7 Å². The zero-order valence-corrected chi connectivity index (χ0v) is 21.7. The third-order valence-corrected chi connectivity index (χ3v) is 10.1. The molecule has 1 aromatic heterocycles. The molecule has 0 spiro atoms. The number of rotatable bonds is 6. The second-order valence-electron chi connectivity index (χ2n) is 8.82. The van der Waals surface area contributed by atoms with E-state index in [4.69, 9.17) is 4.74 Å². The summed E-state index contributed by atoms with van der Waals surface area (Å²) in [4.78, 5) is 21.4. The molecule has 2 heterocycles. The highest BCUT2D eigenvalue weighted by atomic mass is 32.2. The number of anilines is 1. The number of carbonyl (C=O) groups is 1. The summed E-state index contributed by atoms with van der Waals surface area (Å²) < 4.78 is 54.1. The minimum Gasteiger partial charge on any atom is -0.490 e. The van der Waals surface area contributed by atoms with Crippen molar-refractivity contribution in [1.29, 1.82) is 0 Å². The normalized spacial score (nSPS) is 18.2. The number of carbonyl (C=O) groups excluding carboxylic acids is 1. The van der Waals surface area contributed by atoms with Crippen molar-refractivity contribution in [3.63, 3.8) is 0 Å². The molecule has 1 saturated carbocycles. The Labute approximate surface area is 204 Å². The van der Waals surface area contributed by atoms with Gasteiger partial charge in [-0.25, -0.2) is 21.8 Å². The van der Waals surface area contributed by atoms with E-state index in [1.165, 1.54) is 24.8 Å². The van der Waals surface area contributed by atoms with Crippen LogP contribution in [0.1, 0.15) is 42.5 Å². The molecule has 1 amide bonds. The Morgan fingerprint density at radius 2 is 1.68 bits per heavy atom. The van der Waals surface area contributed by atoms with Gasteiger partial charge in [0, 0.05) is 38.7 Å². The molecule has 2 fully saturated rings. The first-order chi connectivity index (χ1) is 16.0. The van der Waals surface area contributed by atoms with E-state index in [-0.39, 0.29) is 26.7 Å². The molecule has 1 aliphatic heterocycles. The fourth-order valence-electron chi connectivity index (χ4n) is 4.21. The lowest BCUT2D eigenvalue weighted by Crippen LogP contribution is -2.48. The molecule has 12 heteroatoms. The van der Waals surface area contributed by atoms with E-state index in [9.17, 15) is 21.6 Å². The molecule has 1 aromatic carbocycles. The first-order valence-corrected chi connectivity index (χ1v) is 15.8. The first-order valence-electron chi connectivity index (χ1n) is 11.2. The second-order valence-corrected chi connectivity index (χ2v) is 14.1. The Balaban J connectivity index is 1.51. The number of benzene rings is 1. The molecule has 1 aliphatic carbocycles. The summed E-state index contributed by atoms with van der Waals surface area (Å²) in [6.07, 6.45) is 8.83. The van der Waals surface area contributed by atoms with Crippen molar-refractivity contribution in [1.82, 2.24) is 9.88 Å². The summed E-state index contributed by atoms with van der Waals surface area (Å²) in [7, 11) is -6.80. The van der Waals surface area contributed by atoms with Crippen LogP contribution in [0.15, 0.2) is 33.5 Å². The van der Waals surface area contributed by atoms with Crippen LogP contribution in [0.2, 0.25) is 0 Å². The summed E-state index contributed by atoms with van der Waals surface area (Å²) in [6, 6.07) is 4.50. The molecule has 0 unspecified atom stereocenters. The van der Waals surface area contributed by atoms with Gasteiger partial charge in [-0.3, -0.25) is 4.79 Å². The Morgan fingerprint density at radius 3 is 2.26 bits per heavy atom. The van der Waals surface area contributed by atoms with Gasteiger partial charge in [-0.2, -0.15) is 0 Å². The maximum Gasteiger partial charge on any atom is 0.257 e. The summed E-state index contributed by atoms with van der Waals surface area (Å²) >= 11 is 1.12. The van der Waals surface area contributed by atoms with Gasteiger partial charge in [0.15, 0.2) is 24.8 Å². The Kier molecular flexibility index (Phi) is 7.20. The molecule has 186 valence electrons. The Morgan fingerprint density at radius 1 is 1.00 bits per heavy atom. The van der Waals surface area contributed by atoms with E-state index in [0.29, 0.717) is 37.1 Å². The number of amides is 1.